The topological polar surface area (TPSA) is 30.7 Å². The van der Waals surface area contributed by atoms with Gasteiger partial charge in [-0.25, -0.2) is 9.67 Å². The highest BCUT2D eigenvalue weighted by molar-refractivity contribution is 6.20. The van der Waals surface area contributed by atoms with Crippen LogP contribution in [0.25, 0.3) is 0 Å². The normalized spacial score (nSPS) is 15.4. The summed E-state index contributed by atoms with van der Waals surface area (Å²) in [6.45, 7) is 9.58. The highest BCUT2D eigenvalue weighted by Gasteiger charge is 2.12. The lowest BCUT2D eigenvalue weighted by atomic mass is 10.0. The molecule has 0 saturated heterocycles. The lowest BCUT2D eigenvalue weighted by Crippen LogP contribution is -2.14. The Labute approximate surface area is 103 Å². The molecule has 3 nitrogen and oxygen atoms in total. The summed E-state index contributed by atoms with van der Waals surface area (Å²) < 4.78 is 2.01. The van der Waals surface area contributed by atoms with E-state index in [-0.39, 0.29) is 5.38 Å². The molecule has 16 heavy (non-hydrogen) atoms. The van der Waals surface area contributed by atoms with Gasteiger partial charge in [-0.1, -0.05) is 20.8 Å². The predicted molar refractivity (Wildman–Crippen MR) is 67.7 cm³/mol. The van der Waals surface area contributed by atoms with Gasteiger partial charge in [0.2, 0.25) is 0 Å². The SMILES string of the molecule is CC(C)Cn1ncnc1CC(C)CC(C)Cl. The molecule has 1 aromatic heterocycles. The third-order valence-corrected chi connectivity index (χ3v) is 2.67. The monoisotopic (exact) mass is 243 g/mol. The van der Waals surface area contributed by atoms with Crippen molar-refractivity contribution in [2.45, 2.75) is 52.5 Å². The minimum absolute atomic E-state index is 0.233. The average Bonchev–Trinajstić information content (AvgIpc) is 2.50. The van der Waals surface area contributed by atoms with Crippen LogP contribution in [0.3, 0.4) is 0 Å². The number of nitrogens with zero attached hydrogens (tertiary/aromatic N) is 3. The Morgan fingerprint density at radius 1 is 1.31 bits per heavy atom. The van der Waals surface area contributed by atoms with Crippen molar-refractivity contribution >= 4 is 11.6 Å². The van der Waals surface area contributed by atoms with E-state index >= 15 is 0 Å². The van der Waals surface area contributed by atoms with Gasteiger partial charge in [0.05, 0.1) is 0 Å². The molecule has 0 aliphatic carbocycles. The van der Waals surface area contributed by atoms with Gasteiger partial charge in [0.25, 0.3) is 0 Å². The number of aromatic nitrogens is 3. The van der Waals surface area contributed by atoms with E-state index in [1.54, 1.807) is 6.33 Å². The van der Waals surface area contributed by atoms with Crippen molar-refractivity contribution in [2.24, 2.45) is 11.8 Å². The van der Waals surface area contributed by atoms with Crippen molar-refractivity contribution in [1.29, 1.82) is 0 Å². The summed E-state index contributed by atoms with van der Waals surface area (Å²) in [5.74, 6) is 2.24. The number of hydrogen-bond donors (Lipinski definition) is 0. The zero-order valence-electron chi connectivity index (χ0n) is 10.7. The van der Waals surface area contributed by atoms with Crippen molar-refractivity contribution in [3.05, 3.63) is 12.2 Å². The molecule has 92 valence electrons. The molecule has 1 heterocycles. The Hall–Kier alpha value is -0.570. The molecule has 1 rings (SSSR count). The Morgan fingerprint density at radius 2 is 2.00 bits per heavy atom. The number of halogens is 1. The summed E-state index contributed by atoms with van der Waals surface area (Å²) >= 11 is 5.99. The highest BCUT2D eigenvalue weighted by Crippen LogP contribution is 2.15. The predicted octanol–water partition coefficient (Wildman–Crippen LogP) is 3.13. The highest BCUT2D eigenvalue weighted by atomic mass is 35.5. The molecular formula is C12H22ClN3. The largest absolute Gasteiger partial charge is 0.250 e. The van der Waals surface area contributed by atoms with Gasteiger partial charge in [-0.05, 0) is 25.2 Å². The minimum atomic E-state index is 0.233. The molecule has 0 N–H and O–H groups in total. The zero-order chi connectivity index (χ0) is 12.1. The molecule has 0 saturated carbocycles. The van der Waals surface area contributed by atoms with E-state index in [0.29, 0.717) is 11.8 Å². The van der Waals surface area contributed by atoms with Crippen LogP contribution >= 0.6 is 11.6 Å². The van der Waals surface area contributed by atoms with E-state index in [1.165, 1.54) is 0 Å². The van der Waals surface area contributed by atoms with Crippen LogP contribution in [0.2, 0.25) is 0 Å². The van der Waals surface area contributed by atoms with E-state index < -0.39 is 0 Å². The molecule has 0 spiro atoms. The summed E-state index contributed by atoms with van der Waals surface area (Å²) in [7, 11) is 0. The fourth-order valence-electron chi connectivity index (χ4n) is 1.89. The first-order valence-corrected chi connectivity index (χ1v) is 6.43. The molecule has 0 aliphatic heterocycles. The molecule has 0 radical (unpaired) electrons. The lowest BCUT2D eigenvalue weighted by Gasteiger charge is -2.14. The van der Waals surface area contributed by atoms with Crippen LogP contribution in [0.5, 0.6) is 0 Å². The van der Waals surface area contributed by atoms with Crippen LogP contribution in [-0.2, 0) is 13.0 Å². The van der Waals surface area contributed by atoms with Gasteiger partial charge in [0, 0.05) is 18.3 Å². The van der Waals surface area contributed by atoms with Crippen LogP contribution in [0.4, 0.5) is 0 Å². The Bertz CT molecular complexity index is 307. The molecule has 4 heteroatoms. The maximum atomic E-state index is 5.99. The van der Waals surface area contributed by atoms with Crippen LogP contribution in [0, 0.1) is 11.8 Å². The quantitative estimate of drug-likeness (QED) is 0.719. The lowest BCUT2D eigenvalue weighted by molar-refractivity contribution is 0.438. The fourth-order valence-corrected chi connectivity index (χ4v) is 2.20. The molecule has 2 atom stereocenters. The van der Waals surface area contributed by atoms with Gasteiger partial charge >= 0.3 is 0 Å². The van der Waals surface area contributed by atoms with E-state index in [4.69, 9.17) is 11.6 Å². The van der Waals surface area contributed by atoms with Crippen molar-refractivity contribution in [2.75, 3.05) is 0 Å². The molecular weight excluding hydrogens is 222 g/mol. The van der Waals surface area contributed by atoms with Gasteiger partial charge in [-0.3, -0.25) is 0 Å². The Morgan fingerprint density at radius 3 is 2.56 bits per heavy atom. The third-order valence-electron chi connectivity index (χ3n) is 2.49. The molecule has 1 aromatic rings. The number of hydrogen-bond acceptors (Lipinski definition) is 2. The van der Waals surface area contributed by atoms with Crippen LogP contribution in [0.1, 0.15) is 39.9 Å². The van der Waals surface area contributed by atoms with Crippen LogP contribution < -0.4 is 0 Å². The summed E-state index contributed by atoms with van der Waals surface area (Å²) in [6.07, 6.45) is 3.63. The summed E-state index contributed by atoms with van der Waals surface area (Å²) in [5.41, 5.74) is 0. The van der Waals surface area contributed by atoms with E-state index in [1.807, 2.05) is 11.6 Å². The van der Waals surface area contributed by atoms with Gasteiger partial charge < -0.3 is 0 Å². The summed E-state index contributed by atoms with van der Waals surface area (Å²) in [6, 6.07) is 0. The smallest absolute Gasteiger partial charge is 0.138 e. The molecule has 0 bridgehead atoms. The van der Waals surface area contributed by atoms with Crippen LogP contribution in [-0.4, -0.2) is 20.1 Å². The standard InChI is InChI=1S/C12H22ClN3/c1-9(2)7-16-12(14-8-15-16)6-10(3)5-11(4)13/h8-11H,5-7H2,1-4H3. The zero-order valence-corrected chi connectivity index (χ0v) is 11.4. The minimum Gasteiger partial charge on any atom is -0.250 e. The van der Waals surface area contributed by atoms with Gasteiger partial charge in [-0.15, -0.1) is 11.6 Å². The van der Waals surface area contributed by atoms with Gasteiger partial charge in [-0.2, -0.15) is 5.10 Å². The van der Waals surface area contributed by atoms with Crippen molar-refractivity contribution < 1.29 is 0 Å². The van der Waals surface area contributed by atoms with E-state index in [9.17, 15) is 0 Å². The first-order valence-electron chi connectivity index (χ1n) is 5.99. The van der Waals surface area contributed by atoms with E-state index in [2.05, 4.69) is 30.9 Å². The maximum absolute atomic E-state index is 5.99. The van der Waals surface area contributed by atoms with Gasteiger partial charge in [0.15, 0.2) is 0 Å². The molecule has 0 amide bonds. The van der Waals surface area contributed by atoms with Crippen LogP contribution in [0.15, 0.2) is 6.33 Å². The van der Waals surface area contributed by atoms with Crippen molar-refractivity contribution in [3.63, 3.8) is 0 Å². The number of rotatable bonds is 6. The second kappa shape index (κ2) is 6.24. The fraction of sp³-hybridized carbons (Fsp3) is 0.833. The second-order valence-electron chi connectivity index (χ2n) is 5.08. The summed E-state index contributed by atoms with van der Waals surface area (Å²) in [4.78, 5) is 4.33. The summed E-state index contributed by atoms with van der Waals surface area (Å²) in [5, 5.41) is 4.49. The molecule has 0 aliphatic rings. The van der Waals surface area contributed by atoms with Crippen molar-refractivity contribution in [3.8, 4) is 0 Å². The molecule has 2 unspecified atom stereocenters. The second-order valence-corrected chi connectivity index (χ2v) is 5.82. The third kappa shape index (κ3) is 4.52. The van der Waals surface area contributed by atoms with E-state index in [0.717, 1.165) is 25.2 Å². The molecule has 0 fully saturated rings. The molecule has 0 aromatic carbocycles. The maximum Gasteiger partial charge on any atom is 0.138 e. The first-order chi connectivity index (χ1) is 7.49. The van der Waals surface area contributed by atoms with Gasteiger partial charge in [0.1, 0.15) is 12.2 Å². The Balaban J connectivity index is 2.56. The van der Waals surface area contributed by atoms with Crippen molar-refractivity contribution in [1.82, 2.24) is 14.8 Å². The first kappa shape index (κ1) is 13.5. The Kier molecular flexibility index (Phi) is 5.26. The average molecular weight is 244 g/mol. The number of alkyl halides is 1.